The number of nitrogens with zero attached hydrogens (tertiary/aromatic N) is 5. The molecule has 1 amide bonds. The standard InChI is InChI=1S/C21H17BrN6O4/c22-16-5-3-15(4-6-16)20(29)23-9-10-27-19-18(11-25-27)21(30)26(13-24-19)12-14-1-7-17(8-2-14)28(31)32/h1-8,11,13H,9-10,12H2,(H,23,29). The van der Waals surface area contributed by atoms with E-state index in [4.69, 9.17) is 0 Å². The summed E-state index contributed by atoms with van der Waals surface area (Å²) in [6.07, 6.45) is 2.87. The molecule has 0 unspecified atom stereocenters. The highest BCUT2D eigenvalue weighted by molar-refractivity contribution is 9.10. The maximum Gasteiger partial charge on any atom is 0.269 e. The molecule has 2 aromatic carbocycles. The lowest BCUT2D eigenvalue weighted by molar-refractivity contribution is -0.384. The number of halogens is 1. The quantitative estimate of drug-likeness (QED) is 0.309. The van der Waals surface area contributed by atoms with Crippen molar-refractivity contribution in [3.63, 3.8) is 0 Å². The Balaban J connectivity index is 1.44. The van der Waals surface area contributed by atoms with E-state index in [0.717, 1.165) is 10.0 Å². The van der Waals surface area contributed by atoms with Gasteiger partial charge in [0.15, 0.2) is 5.65 Å². The maximum absolute atomic E-state index is 12.8. The van der Waals surface area contributed by atoms with E-state index in [9.17, 15) is 19.7 Å². The Bertz CT molecular complexity index is 1350. The molecule has 0 atom stereocenters. The Morgan fingerprint density at radius 2 is 1.84 bits per heavy atom. The van der Waals surface area contributed by atoms with E-state index in [0.29, 0.717) is 29.7 Å². The van der Waals surface area contributed by atoms with Crippen LogP contribution in [0.2, 0.25) is 0 Å². The molecular weight excluding hydrogens is 480 g/mol. The molecule has 1 N–H and O–H groups in total. The minimum atomic E-state index is -0.473. The summed E-state index contributed by atoms with van der Waals surface area (Å²) in [5, 5.41) is 18.2. The lowest BCUT2D eigenvalue weighted by Crippen LogP contribution is -2.27. The number of carbonyl (C=O) groups excluding carboxylic acids is 1. The van der Waals surface area contributed by atoms with Crippen LogP contribution in [0.4, 0.5) is 5.69 Å². The Labute approximate surface area is 189 Å². The summed E-state index contributed by atoms with van der Waals surface area (Å²) in [5.74, 6) is -0.202. The number of nitro groups is 1. The van der Waals surface area contributed by atoms with Crippen LogP contribution in [-0.2, 0) is 13.1 Å². The smallest absolute Gasteiger partial charge is 0.269 e. The van der Waals surface area contributed by atoms with Crippen molar-refractivity contribution >= 4 is 38.6 Å². The largest absolute Gasteiger partial charge is 0.350 e. The van der Waals surface area contributed by atoms with Gasteiger partial charge in [-0.3, -0.25) is 24.3 Å². The summed E-state index contributed by atoms with van der Waals surface area (Å²) in [6, 6.07) is 13.0. The fourth-order valence-electron chi connectivity index (χ4n) is 3.17. The Morgan fingerprint density at radius 3 is 2.53 bits per heavy atom. The van der Waals surface area contributed by atoms with Gasteiger partial charge >= 0.3 is 0 Å². The van der Waals surface area contributed by atoms with Gasteiger partial charge in [-0.2, -0.15) is 5.10 Å². The molecular formula is C21H17BrN6O4. The van der Waals surface area contributed by atoms with Gasteiger partial charge in [-0.25, -0.2) is 9.67 Å². The zero-order valence-electron chi connectivity index (χ0n) is 16.6. The third-order valence-corrected chi connectivity index (χ3v) is 5.37. The van der Waals surface area contributed by atoms with E-state index in [2.05, 4.69) is 31.3 Å². The van der Waals surface area contributed by atoms with Crippen LogP contribution in [0.25, 0.3) is 11.0 Å². The monoisotopic (exact) mass is 496 g/mol. The number of benzene rings is 2. The van der Waals surface area contributed by atoms with Crippen molar-refractivity contribution in [2.75, 3.05) is 6.54 Å². The second-order valence-corrected chi connectivity index (χ2v) is 7.88. The molecule has 0 spiro atoms. The fraction of sp³-hybridized carbons (Fsp3) is 0.143. The summed E-state index contributed by atoms with van der Waals surface area (Å²) < 4.78 is 3.88. The predicted molar refractivity (Wildman–Crippen MR) is 120 cm³/mol. The van der Waals surface area contributed by atoms with Crippen LogP contribution in [0, 0.1) is 10.1 Å². The van der Waals surface area contributed by atoms with Gasteiger partial charge < -0.3 is 5.32 Å². The van der Waals surface area contributed by atoms with Crippen molar-refractivity contribution < 1.29 is 9.72 Å². The molecule has 0 aliphatic rings. The van der Waals surface area contributed by atoms with Gasteiger partial charge in [-0.1, -0.05) is 28.1 Å². The molecule has 10 nitrogen and oxygen atoms in total. The molecule has 0 aliphatic carbocycles. The van der Waals surface area contributed by atoms with E-state index >= 15 is 0 Å². The number of rotatable bonds is 7. The highest BCUT2D eigenvalue weighted by atomic mass is 79.9. The van der Waals surface area contributed by atoms with Crippen molar-refractivity contribution in [2.24, 2.45) is 0 Å². The average molecular weight is 497 g/mol. The average Bonchev–Trinajstić information content (AvgIpc) is 3.20. The molecule has 32 heavy (non-hydrogen) atoms. The highest BCUT2D eigenvalue weighted by Crippen LogP contribution is 2.13. The third-order valence-electron chi connectivity index (χ3n) is 4.84. The van der Waals surface area contributed by atoms with Gasteiger partial charge in [0, 0.05) is 28.7 Å². The molecule has 2 heterocycles. The van der Waals surface area contributed by atoms with Gasteiger partial charge in [0.05, 0.1) is 24.2 Å². The Kier molecular flexibility index (Phi) is 6.08. The van der Waals surface area contributed by atoms with Gasteiger partial charge in [-0.15, -0.1) is 0 Å². The van der Waals surface area contributed by atoms with Crippen LogP contribution >= 0.6 is 15.9 Å². The number of amides is 1. The molecule has 0 fully saturated rings. The van der Waals surface area contributed by atoms with Crippen LogP contribution in [0.1, 0.15) is 15.9 Å². The number of aromatic nitrogens is 4. The third kappa shape index (κ3) is 4.57. The number of fused-ring (bicyclic) bond motifs is 1. The Hall–Kier alpha value is -3.86. The second kappa shape index (κ2) is 9.10. The van der Waals surface area contributed by atoms with E-state index in [1.807, 2.05) is 0 Å². The van der Waals surface area contributed by atoms with Crippen molar-refractivity contribution in [1.29, 1.82) is 0 Å². The lowest BCUT2D eigenvalue weighted by Gasteiger charge is -2.08. The van der Waals surface area contributed by atoms with Gasteiger partial charge in [0.2, 0.25) is 0 Å². The first-order valence-corrected chi connectivity index (χ1v) is 10.4. The number of carbonyl (C=O) groups is 1. The minimum Gasteiger partial charge on any atom is -0.350 e. The van der Waals surface area contributed by atoms with E-state index < -0.39 is 4.92 Å². The second-order valence-electron chi connectivity index (χ2n) is 6.97. The molecule has 0 bridgehead atoms. The number of hydrogen-bond donors (Lipinski definition) is 1. The maximum atomic E-state index is 12.8. The summed E-state index contributed by atoms with van der Waals surface area (Å²) in [7, 11) is 0. The zero-order valence-corrected chi connectivity index (χ0v) is 18.2. The summed E-state index contributed by atoms with van der Waals surface area (Å²) >= 11 is 3.33. The van der Waals surface area contributed by atoms with Crippen molar-refractivity contribution in [3.05, 3.63) is 97.1 Å². The van der Waals surface area contributed by atoms with Crippen molar-refractivity contribution in [1.82, 2.24) is 24.6 Å². The minimum absolute atomic E-state index is 0.0109. The first-order valence-electron chi connectivity index (χ1n) is 9.60. The molecule has 0 radical (unpaired) electrons. The van der Waals surface area contributed by atoms with Crippen LogP contribution in [-0.4, -0.2) is 36.7 Å². The summed E-state index contributed by atoms with van der Waals surface area (Å²) in [6.45, 7) is 0.901. The predicted octanol–water partition coefficient (Wildman–Crippen LogP) is 2.74. The van der Waals surface area contributed by atoms with Crippen LogP contribution in [0.5, 0.6) is 0 Å². The van der Waals surface area contributed by atoms with E-state index in [1.165, 1.54) is 29.2 Å². The summed E-state index contributed by atoms with van der Waals surface area (Å²) in [5.41, 5.74) is 1.43. The number of non-ortho nitro benzene ring substituents is 1. The topological polar surface area (TPSA) is 125 Å². The van der Waals surface area contributed by atoms with Crippen molar-refractivity contribution in [2.45, 2.75) is 13.1 Å². The fourth-order valence-corrected chi connectivity index (χ4v) is 3.44. The molecule has 0 saturated carbocycles. The molecule has 0 saturated heterocycles. The van der Waals surface area contributed by atoms with Crippen LogP contribution in [0.3, 0.4) is 0 Å². The number of nitro benzene ring substituents is 1. The molecule has 162 valence electrons. The molecule has 4 aromatic rings. The van der Waals surface area contributed by atoms with E-state index in [1.54, 1.807) is 41.1 Å². The van der Waals surface area contributed by atoms with Gasteiger partial charge in [0.1, 0.15) is 11.7 Å². The van der Waals surface area contributed by atoms with Crippen LogP contribution < -0.4 is 10.9 Å². The first-order chi connectivity index (χ1) is 15.4. The molecule has 2 aromatic heterocycles. The first kappa shape index (κ1) is 21.4. The highest BCUT2D eigenvalue weighted by Gasteiger charge is 2.12. The summed E-state index contributed by atoms with van der Waals surface area (Å²) in [4.78, 5) is 39.7. The number of hydrogen-bond acceptors (Lipinski definition) is 6. The van der Waals surface area contributed by atoms with Gasteiger partial charge in [0.25, 0.3) is 17.2 Å². The normalized spacial score (nSPS) is 10.9. The Morgan fingerprint density at radius 1 is 1.12 bits per heavy atom. The molecule has 4 rings (SSSR count). The van der Waals surface area contributed by atoms with Crippen LogP contribution in [0.15, 0.2) is 70.3 Å². The SMILES string of the molecule is O=C(NCCn1ncc2c(=O)n(Cc3ccc([N+](=O)[O-])cc3)cnc21)c1ccc(Br)cc1. The van der Waals surface area contributed by atoms with Crippen molar-refractivity contribution in [3.8, 4) is 0 Å². The molecule has 11 heteroatoms. The van der Waals surface area contributed by atoms with E-state index in [-0.39, 0.29) is 23.7 Å². The zero-order chi connectivity index (χ0) is 22.7. The lowest BCUT2D eigenvalue weighted by atomic mass is 10.2. The van der Waals surface area contributed by atoms with Gasteiger partial charge in [-0.05, 0) is 29.8 Å². The molecule has 0 aliphatic heterocycles. The number of nitrogens with one attached hydrogen (secondary N) is 1.